The van der Waals surface area contributed by atoms with Crippen LogP contribution in [0.1, 0.15) is 22.8 Å². The first-order valence-electron chi connectivity index (χ1n) is 4.87. The van der Waals surface area contributed by atoms with Crippen LogP contribution < -0.4 is 5.48 Å². The Morgan fingerprint density at radius 3 is 2.69 bits per heavy atom. The number of anilines is 1. The third-order valence-corrected chi connectivity index (χ3v) is 2.03. The summed E-state index contributed by atoms with van der Waals surface area (Å²) in [6.45, 7) is 1.92. The first kappa shape index (κ1) is 12.3. The monoisotopic (exact) mass is 221 g/mol. The molecule has 1 aromatic rings. The second kappa shape index (κ2) is 5.92. The molecule has 0 amide bonds. The fraction of sp³-hybridized carbons (Fsp3) is 0.250. The molecule has 86 valence electrons. The summed E-state index contributed by atoms with van der Waals surface area (Å²) in [5, 5.41) is 0. The minimum Gasteiger partial charge on any atom is -0.465 e. The van der Waals surface area contributed by atoms with E-state index >= 15 is 0 Å². The van der Waals surface area contributed by atoms with E-state index in [1.54, 1.807) is 12.1 Å². The van der Waals surface area contributed by atoms with Crippen molar-refractivity contribution in [1.82, 2.24) is 0 Å². The van der Waals surface area contributed by atoms with Gasteiger partial charge < -0.3 is 4.74 Å². The lowest BCUT2D eigenvalue weighted by Crippen LogP contribution is -2.04. The normalized spacial score (nSPS) is 10.4. The third-order valence-electron chi connectivity index (χ3n) is 2.03. The Bertz CT molecular complexity index is 399. The molecule has 0 radical (unpaired) electrons. The van der Waals surface area contributed by atoms with Crippen molar-refractivity contribution in [2.45, 2.75) is 6.92 Å². The van der Waals surface area contributed by atoms with E-state index in [0.29, 0.717) is 5.56 Å². The van der Waals surface area contributed by atoms with Gasteiger partial charge in [-0.2, -0.15) is 0 Å². The molecule has 0 heterocycles. The SMILES string of the molecule is C/C=C\c1ccc(C(=O)OC)cc1NOC. The van der Waals surface area contributed by atoms with Gasteiger partial charge in [0.25, 0.3) is 0 Å². The number of methoxy groups -OCH3 is 1. The summed E-state index contributed by atoms with van der Waals surface area (Å²) in [4.78, 5) is 16.2. The van der Waals surface area contributed by atoms with Crippen molar-refractivity contribution in [2.75, 3.05) is 19.7 Å². The zero-order chi connectivity index (χ0) is 12.0. The highest BCUT2D eigenvalue weighted by molar-refractivity contribution is 5.91. The van der Waals surface area contributed by atoms with Gasteiger partial charge in [0.1, 0.15) is 0 Å². The van der Waals surface area contributed by atoms with Gasteiger partial charge in [0.05, 0.1) is 25.5 Å². The first-order valence-corrected chi connectivity index (χ1v) is 4.87. The first-order chi connectivity index (χ1) is 7.72. The second-order valence-corrected chi connectivity index (χ2v) is 3.10. The number of nitrogens with one attached hydrogen (secondary N) is 1. The molecule has 0 aromatic heterocycles. The quantitative estimate of drug-likeness (QED) is 0.626. The third kappa shape index (κ3) is 2.84. The number of carbonyl (C=O) groups is 1. The maximum absolute atomic E-state index is 11.3. The highest BCUT2D eigenvalue weighted by Gasteiger charge is 2.08. The summed E-state index contributed by atoms with van der Waals surface area (Å²) < 4.78 is 4.64. The van der Waals surface area contributed by atoms with E-state index in [4.69, 9.17) is 4.84 Å². The van der Waals surface area contributed by atoms with Gasteiger partial charge in [-0.15, -0.1) is 0 Å². The Kier molecular flexibility index (Phi) is 4.54. The van der Waals surface area contributed by atoms with Crippen molar-refractivity contribution in [1.29, 1.82) is 0 Å². The minimum atomic E-state index is -0.369. The second-order valence-electron chi connectivity index (χ2n) is 3.10. The van der Waals surface area contributed by atoms with Crippen molar-refractivity contribution >= 4 is 17.7 Å². The van der Waals surface area contributed by atoms with Crippen molar-refractivity contribution in [3.63, 3.8) is 0 Å². The number of rotatable bonds is 4. The van der Waals surface area contributed by atoms with Crippen LogP contribution in [0.4, 0.5) is 5.69 Å². The molecule has 1 aromatic carbocycles. The van der Waals surface area contributed by atoms with Crippen LogP contribution in [0.15, 0.2) is 24.3 Å². The van der Waals surface area contributed by atoms with Gasteiger partial charge in [0, 0.05) is 0 Å². The van der Waals surface area contributed by atoms with Crippen molar-refractivity contribution < 1.29 is 14.4 Å². The number of hydrogen-bond donors (Lipinski definition) is 1. The smallest absolute Gasteiger partial charge is 0.337 e. The molecule has 0 saturated carbocycles. The fourth-order valence-electron chi connectivity index (χ4n) is 1.32. The molecule has 0 spiro atoms. The lowest BCUT2D eigenvalue weighted by atomic mass is 10.1. The van der Waals surface area contributed by atoms with Gasteiger partial charge in [-0.1, -0.05) is 18.2 Å². The molecular formula is C12H15NO3. The van der Waals surface area contributed by atoms with E-state index < -0.39 is 0 Å². The molecule has 4 heteroatoms. The van der Waals surface area contributed by atoms with E-state index in [1.807, 2.05) is 25.1 Å². The molecule has 0 aliphatic heterocycles. The molecule has 0 unspecified atom stereocenters. The summed E-state index contributed by atoms with van der Waals surface area (Å²) in [5.41, 5.74) is 4.87. The molecule has 0 aliphatic carbocycles. The van der Waals surface area contributed by atoms with Crippen LogP contribution in [-0.4, -0.2) is 20.2 Å². The molecule has 4 nitrogen and oxygen atoms in total. The maximum Gasteiger partial charge on any atom is 0.337 e. The molecule has 0 atom stereocenters. The Hall–Kier alpha value is -1.81. The number of hydrogen-bond acceptors (Lipinski definition) is 4. The van der Waals surface area contributed by atoms with Crippen molar-refractivity contribution in [3.8, 4) is 0 Å². The van der Waals surface area contributed by atoms with E-state index in [-0.39, 0.29) is 5.97 Å². The standard InChI is InChI=1S/C12H15NO3/c1-4-5-9-6-7-10(12(14)15-2)8-11(9)13-16-3/h4-8,13H,1-3H3/b5-4-. The van der Waals surface area contributed by atoms with Crippen LogP contribution in [0.2, 0.25) is 0 Å². The number of allylic oxidation sites excluding steroid dienone is 1. The molecule has 1 rings (SSSR count). The van der Waals surface area contributed by atoms with Crippen LogP contribution in [0, 0.1) is 0 Å². The molecule has 16 heavy (non-hydrogen) atoms. The van der Waals surface area contributed by atoms with Gasteiger partial charge in [-0.3, -0.25) is 10.3 Å². The summed E-state index contributed by atoms with van der Waals surface area (Å²) in [6.07, 6.45) is 3.83. The van der Waals surface area contributed by atoms with Gasteiger partial charge >= 0.3 is 5.97 Å². The van der Waals surface area contributed by atoms with Crippen LogP contribution in [-0.2, 0) is 9.57 Å². The van der Waals surface area contributed by atoms with E-state index in [0.717, 1.165) is 11.3 Å². The Balaban J connectivity index is 3.11. The molecule has 0 aliphatic rings. The van der Waals surface area contributed by atoms with Gasteiger partial charge in [-0.05, 0) is 24.6 Å². The van der Waals surface area contributed by atoms with Gasteiger partial charge in [0.2, 0.25) is 0 Å². The predicted octanol–water partition coefficient (Wildman–Crippen LogP) is 2.48. The lowest BCUT2D eigenvalue weighted by molar-refractivity contribution is 0.0601. The Morgan fingerprint density at radius 1 is 1.38 bits per heavy atom. The van der Waals surface area contributed by atoms with Crippen LogP contribution in [0.25, 0.3) is 6.08 Å². The van der Waals surface area contributed by atoms with Crippen LogP contribution in [0.3, 0.4) is 0 Å². The number of carbonyl (C=O) groups excluding carboxylic acids is 1. The van der Waals surface area contributed by atoms with E-state index in [9.17, 15) is 4.79 Å². The zero-order valence-corrected chi connectivity index (χ0v) is 9.61. The number of benzene rings is 1. The lowest BCUT2D eigenvalue weighted by Gasteiger charge is -2.09. The zero-order valence-electron chi connectivity index (χ0n) is 9.61. The van der Waals surface area contributed by atoms with Gasteiger partial charge in [0.15, 0.2) is 0 Å². The topological polar surface area (TPSA) is 47.6 Å². The Morgan fingerprint density at radius 2 is 2.12 bits per heavy atom. The molecule has 0 bridgehead atoms. The van der Waals surface area contributed by atoms with Crippen LogP contribution in [0.5, 0.6) is 0 Å². The highest BCUT2D eigenvalue weighted by atomic mass is 16.6. The highest BCUT2D eigenvalue weighted by Crippen LogP contribution is 2.20. The molecule has 0 fully saturated rings. The van der Waals surface area contributed by atoms with Gasteiger partial charge in [-0.25, -0.2) is 4.79 Å². The summed E-state index contributed by atoms with van der Waals surface area (Å²) in [5.74, 6) is -0.369. The molecule has 1 N–H and O–H groups in total. The summed E-state index contributed by atoms with van der Waals surface area (Å²) in [7, 11) is 2.87. The minimum absolute atomic E-state index is 0.369. The Labute approximate surface area is 94.8 Å². The largest absolute Gasteiger partial charge is 0.465 e. The average molecular weight is 221 g/mol. The number of ether oxygens (including phenoxy) is 1. The average Bonchev–Trinajstić information content (AvgIpc) is 2.31. The van der Waals surface area contributed by atoms with Crippen molar-refractivity contribution in [3.05, 3.63) is 35.4 Å². The summed E-state index contributed by atoms with van der Waals surface area (Å²) in [6, 6.07) is 5.22. The fourth-order valence-corrected chi connectivity index (χ4v) is 1.32. The molecule has 0 saturated heterocycles. The maximum atomic E-state index is 11.3. The van der Waals surface area contributed by atoms with Crippen LogP contribution >= 0.6 is 0 Å². The predicted molar refractivity (Wildman–Crippen MR) is 63.1 cm³/mol. The van der Waals surface area contributed by atoms with Crippen molar-refractivity contribution in [2.24, 2.45) is 0 Å². The summed E-state index contributed by atoms with van der Waals surface area (Å²) >= 11 is 0. The number of esters is 1. The van der Waals surface area contributed by atoms with E-state index in [2.05, 4.69) is 10.2 Å². The van der Waals surface area contributed by atoms with E-state index in [1.165, 1.54) is 14.2 Å². The molecular weight excluding hydrogens is 206 g/mol.